The number of hydrogen-bond acceptors (Lipinski definition) is 5. The summed E-state index contributed by atoms with van der Waals surface area (Å²) in [5.74, 6) is 3.45. The van der Waals surface area contributed by atoms with Crippen LogP contribution in [0.15, 0.2) is 12.4 Å². The van der Waals surface area contributed by atoms with Gasteiger partial charge in [-0.25, -0.2) is 15.0 Å². The molecule has 1 atom stereocenters. The molecule has 4 rings (SSSR count). The van der Waals surface area contributed by atoms with E-state index in [4.69, 9.17) is 9.72 Å². The minimum Gasteiger partial charge on any atom is -0.381 e. The summed E-state index contributed by atoms with van der Waals surface area (Å²) >= 11 is 0. The summed E-state index contributed by atoms with van der Waals surface area (Å²) in [6, 6.07) is 0.157. The molecule has 0 radical (unpaired) electrons. The van der Waals surface area contributed by atoms with Gasteiger partial charge in [-0.15, -0.1) is 0 Å². The van der Waals surface area contributed by atoms with Gasteiger partial charge in [0.05, 0.1) is 6.04 Å². The van der Waals surface area contributed by atoms with E-state index >= 15 is 0 Å². The number of nitrogens with one attached hydrogen (secondary N) is 1. The van der Waals surface area contributed by atoms with Crippen molar-refractivity contribution in [2.24, 2.45) is 13.0 Å². The first-order valence-electron chi connectivity index (χ1n) is 9.40. The summed E-state index contributed by atoms with van der Waals surface area (Å²) in [6.45, 7) is 3.65. The third-order valence-corrected chi connectivity index (χ3v) is 5.46. The molecule has 2 aliphatic rings. The van der Waals surface area contributed by atoms with Crippen molar-refractivity contribution in [1.29, 1.82) is 0 Å². The number of hydrogen-bond donors (Lipinski definition) is 1. The maximum Gasteiger partial charge on any atom is 0.133 e. The van der Waals surface area contributed by atoms with Gasteiger partial charge in [-0.1, -0.05) is 0 Å². The molecule has 1 aliphatic heterocycles. The average Bonchev–Trinajstić information content (AvgIpc) is 3.06. The Hall–Kier alpha value is -1.95. The Morgan fingerprint density at radius 3 is 2.76 bits per heavy atom. The first-order chi connectivity index (χ1) is 12.2. The number of rotatable bonds is 4. The predicted molar refractivity (Wildman–Crippen MR) is 96.5 cm³/mol. The van der Waals surface area contributed by atoms with Gasteiger partial charge in [-0.2, -0.15) is 0 Å². The van der Waals surface area contributed by atoms with Crippen molar-refractivity contribution in [3.8, 4) is 0 Å². The van der Waals surface area contributed by atoms with E-state index in [0.717, 1.165) is 56.4 Å². The number of fused-ring (bicyclic) bond motifs is 1. The minimum absolute atomic E-state index is 0.157. The zero-order valence-electron chi connectivity index (χ0n) is 15.2. The summed E-state index contributed by atoms with van der Waals surface area (Å²) in [5.41, 5.74) is 2.54. The second-order valence-electron chi connectivity index (χ2n) is 7.22. The number of anilines is 1. The molecule has 6 heteroatoms. The molecule has 2 aromatic heterocycles. The quantitative estimate of drug-likeness (QED) is 0.926. The van der Waals surface area contributed by atoms with Crippen molar-refractivity contribution in [3.05, 3.63) is 35.3 Å². The van der Waals surface area contributed by atoms with Crippen LogP contribution in [0.3, 0.4) is 0 Å². The fourth-order valence-electron chi connectivity index (χ4n) is 4.10. The maximum absolute atomic E-state index is 5.58. The highest BCUT2D eigenvalue weighted by molar-refractivity contribution is 5.49. The van der Waals surface area contributed by atoms with Gasteiger partial charge in [0, 0.05) is 43.9 Å². The standard InChI is InChI=1S/C19H27N5O/c1-13-21-16-6-4-3-5-15(16)18(22-13)23-17(14-7-11-25-12-8-14)19-20-9-10-24(19)2/h9-10,14,17H,3-8,11-12H2,1-2H3,(H,21,22,23). The molecule has 1 unspecified atom stereocenters. The van der Waals surface area contributed by atoms with Gasteiger partial charge in [-0.3, -0.25) is 0 Å². The number of imidazole rings is 1. The zero-order valence-corrected chi connectivity index (χ0v) is 15.2. The number of aromatic nitrogens is 4. The van der Waals surface area contributed by atoms with Gasteiger partial charge in [-0.05, 0) is 51.4 Å². The molecule has 0 bridgehead atoms. The lowest BCUT2D eigenvalue weighted by atomic mass is 9.90. The summed E-state index contributed by atoms with van der Waals surface area (Å²) in [4.78, 5) is 14.1. The van der Waals surface area contributed by atoms with Crippen molar-refractivity contribution in [1.82, 2.24) is 19.5 Å². The molecule has 3 heterocycles. The molecule has 1 saturated heterocycles. The predicted octanol–water partition coefficient (Wildman–Crippen LogP) is 2.98. The molecule has 1 aliphatic carbocycles. The Kier molecular flexibility index (Phi) is 4.70. The lowest BCUT2D eigenvalue weighted by molar-refractivity contribution is 0.0594. The van der Waals surface area contributed by atoms with Crippen molar-refractivity contribution in [3.63, 3.8) is 0 Å². The number of aryl methyl sites for hydroxylation is 3. The molecule has 0 aromatic carbocycles. The Bertz CT molecular complexity index is 735. The van der Waals surface area contributed by atoms with Crippen LogP contribution >= 0.6 is 0 Å². The Balaban J connectivity index is 1.69. The molecule has 1 fully saturated rings. The van der Waals surface area contributed by atoms with Crippen LogP contribution in [-0.4, -0.2) is 32.7 Å². The largest absolute Gasteiger partial charge is 0.381 e. The van der Waals surface area contributed by atoms with Crippen LogP contribution in [-0.2, 0) is 24.6 Å². The van der Waals surface area contributed by atoms with E-state index in [1.165, 1.54) is 24.1 Å². The lowest BCUT2D eigenvalue weighted by Crippen LogP contribution is -2.30. The van der Waals surface area contributed by atoms with Crippen molar-refractivity contribution < 1.29 is 4.74 Å². The minimum atomic E-state index is 0.157. The van der Waals surface area contributed by atoms with Crippen LogP contribution in [0, 0.1) is 12.8 Å². The first kappa shape index (κ1) is 16.5. The fourth-order valence-corrected chi connectivity index (χ4v) is 4.10. The molecule has 6 nitrogen and oxygen atoms in total. The van der Waals surface area contributed by atoms with E-state index in [-0.39, 0.29) is 6.04 Å². The summed E-state index contributed by atoms with van der Waals surface area (Å²) in [6.07, 6.45) is 10.6. The third kappa shape index (κ3) is 3.40. The normalized spacial score (nSPS) is 19.4. The number of ether oxygens (including phenoxy) is 1. The topological polar surface area (TPSA) is 64.9 Å². The molecule has 0 saturated carbocycles. The lowest BCUT2D eigenvalue weighted by Gasteiger charge is -2.32. The molecular formula is C19H27N5O. The molecule has 1 N–H and O–H groups in total. The van der Waals surface area contributed by atoms with Gasteiger partial charge in [0.1, 0.15) is 17.5 Å². The fraction of sp³-hybridized carbons (Fsp3) is 0.632. The van der Waals surface area contributed by atoms with Crippen molar-refractivity contribution in [2.45, 2.75) is 51.5 Å². The van der Waals surface area contributed by atoms with E-state index in [9.17, 15) is 0 Å². The van der Waals surface area contributed by atoms with Crippen molar-refractivity contribution >= 4 is 5.82 Å². The molecule has 25 heavy (non-hydrogen) atoms. The van der Waals surface area contributed by atoms with Crippen LogP contribution in [0.25, 0.3) is 0 Å². The Morgan fingerprint density at radius 1 is 1.20 bits per heavy atom. The van der Waals surface area contributed by atoms with Gasteiger partial charge in [0.15, 0.2) is 0 Å². The van der Waals surface area contributed by atoms with Crippen molar-refractivity contribution in [2.75, 3.05) is 18.5 Å². The van der Waals surface area contributed by atoms with E-state index in [1.807, 2.05) is 19.3 Å². The summed E-state index contributed by atoms with van der Waals surface area (Å²) in [7, 11) is 2.07. The molecule has 0 spiro atoms. The van der Waals surface area contributed by atoms with Crippen LogP contribution in [0.1, 0.15) is 54.6 Å². The highest BCUT2D eigenvalue weighted by Gasteiger charge is 2.30. The van der Waals surface area contributed by atoms with Crippen LogP contribution in [0.4, 0.5) is 5.82 Å². The monoisotopic (exact) mass is 341 g/mol. The SMILES string of the molecule is Cc1nc2c(c(NC(c3nccn3C)C3CCOCC3)n1)CCCC2. The van der Waals surface area contributed by atoms with E-state index in [0.29, 0.717) is 5.92 Å². The van der Waals surface area contributed by atoms with E-state index in [2.05, 4.69) is 26.9 Å². The molecule has 0 amide bonds. The van der Waals surface area contributed by atoms with Gasteiger partial charge in [0.2, 0.25) is 0 Å². The summed E-state index contributed by atoms with van der Waals surface area (Å²) in [5, 5.41) is 3.77. The second kappa shape index (κ2) is 7.12. The average molecular weight is 341 g/mol. The van der Waals surface area contributed by atoms with Crippen LogP contribution in [0.5, 0.6) is 0 Å². The van der Waals surface area contributed by atoms with Gasteiger partial charge >= 0.3 is 0 Å². The molecule has 2 aromatic rings. The highest BCUT2D eigenvalue weighted by Crippen LogP contribution is 2.34. The zero-order chi connectivity index (χ0) is 17.2. The Labute approximate surface area is 149 Å². The molecule has 134 valence electrons. The third-order valence-electron chi connectivity index (χ3n) is 5.46. The maximum atomic E-state index is 5.58. The summed E-state index contributed by atoms with van der Waals surface area (Å²) < 4.78 is 7.70. The van der Waals surface area contributed by atoms with Crippen LogP contribution < -0.4 is 5.32 Å². The molecular weight excluding hydrogens is 314 g/mol. The van der Waals surface area contributed by atoms with Gasteiger partial charge < -0.3 is 14.6 Å². The van der Waals surface area contributed by atoms with E-state index in [1.54, 1.807) is 0 Å². The van der Waals surface area contributed by atoms with Crippen LogP contribution in [0.2, 0.25) is 0 Å². The Morgan fingerprint density at radius 2 is 2.00 bits per heavy atom. The first-order valence-corrected chi connectivity index (χ1v) is 9.40. The smallest absolute Gasteiger partial charge is 0.133 e. The second-order valence-corrected chi connectivity index (χ2v) is 7.22. The number of nitrogens with zero attached hydrogens (tertiary/aromatic N) is 4. The van der Waals surface area contributed by atoms with E-state index < -0.39 is 0 Å². The highest BCUT2D eigenvalue weighted by atomic mass is 16.5. The van der Waals surface area contributed by atoms with Gasteiger partial charge in [0.25, 0.3) is 0 Å².